The number of benzene rings is 2. The lowest BCUT2D eigenvalue weighted by molar-refractivity contribution is 0.0477. The third-order valence-electron chi connectivity index (χ3n) is 4.62. The van der Waals surface area contributed by atoms with Crippen LogP contribution in [-0.2, 0) is 17.9 Å². The van der Waals surface area contributed by atoms with E-state index in [2.05, 4.69) is 21.4 Å². The quantitative estimate of drug-likeness (QED) is 0.492. The van der Waals surface area contributed by atoms with Gasteiger partial charge in [0.15, 0.2) is 0 Å². The normalized spacial score (nSPS) is 11.4. The number of carbonyl (C=O) groups excluding carboxylic acids is 1. The number of rotatable bonds is 5. The van der Waals surface area contributed by atoms with Gasteiger partial charge < -0.3 is 14.0 Å². The van der Waals surface area contributed by atoms with Gasteiger partial charge in [-0.05, 0) is 43.4 Å². The Morgan fingerprint density at radius 1 is 0.926 bits per heavy atom. The number of fused-ring (bicyclic) bond motifs is 3. The van der Waals surface area contributed by atoms with Gasteiger partial charge in [-0.25, -0.2) is 4.79 Å². The zero-order chi connectivity index (χ0) is 18.8. The minimum absolute atomic E-state index is 0.268. The van der Waals surface area contributed by atoms with E-state index < -0.39 is 0 Å². The summed E-state index contributed by atoms with van der Waals surface area (Å²) in [5, 5.41) is 0.918. The van der Waals surface area contributed by atoms with Gasteiger partial charge in [0.2, 0.25) is 0 Å². The Bertz CT molecular complexity index is 1100. The summed E-state index contributed by atoms with van der Waals surface area (Å²) in [6, 6.07) is 21.9. The molecule has 0 atom stereocenters. The summed E-state index contributed by atoms with van der Waals surface area (Å²) in [5.74, 6) is -0.294. The van der Waals surface area contributed by atoms with Crippen molar-refractivity contribution in [2.75, 3.05) is 14.1 Å². The highest BCUT2D eigenvalue weighted by atomic mass is 16.5. The molecule has 4 aromatic rings. The molecule has 2 heterocycles. The molecular weight excluding hydrogens is 336 g/mol. The lowest BCUT2D eigenvalue weighted by Gasteiger charge is -2.09. The van der Waals surface area contributed by atoms with Crippen molar-refractivity contribution in [3.05, 3.63) is 89.6 Å². The van der Waals surface area contributed by atoms with Crippen molar-refractivity contribution in [2.45, 2.75) is 13.2 Å². The molecule has 0 spiro atoms. The van der Waals surface area contributed by atoms with Gasteiger partial charge in [0.25, 0.3) is 0 Å². The maximum atomic E-state index is 12.9. The molecule has 4 nitrogen and oxygen atoms in total. The first-order valence-electron chi connectivity index (χ1n) is 9.01. The molecule has 0 saturated carbocycles. The molecule has 0 aliphatic carbocycles. The molecule has 0 aliphatic rings. The molecule has 4 heteroatoms. The van der Waals surface area contributed by atoms with Crippen molar-refractivity contribution in [2.24, 2.45) is 0 Å². The smallest absolute Gasteiger partial charge is 0.341 e. The van der Waals surface area contributed by atoms with Crippen LogP contribution in [-0.4, -0.2) is 29.4 Å². The first-order chi connectivity index (χ1) is 13.1. The molecule has 0 aliphatic heterocycles. The Morgan fingerprint density at radius 3 is 2.48 bits per heavy atom. The fourth-order valence-electron chi connectivity index (χ4n) is 3.46. The van der Waals surface area contributed by atoms with Crippen molar-refractivity contribution < 1.29 is 9.53 Å². The molecule has 0 unspecified atom stereocenters. The number of hydrogen-bond donors (Lipinski definition) is 0. The van der Waals surface area contributed by atoms with Crippen molar-refractivity contribution in [3.63, 3.8) is 0 Å². The number of hydrogen-bond acceptors (Lipinski definition) is 3. The van der Waals surface area contributed by atoms with E-state index in [1.165, 1.54) is 5.56 Å². The van der Waals surface area contributed by atoms with Gasteiger partial charge in [-0.2, -0.15) is 0 Å². The van der Waals surface area contributed by atoms with Crippen molar-refractivity contribution >= 4 is 22.4 Å². The molecule has 2 aromatic carbocycles. The molecule has 0 saturated heterocycles. The second-order valence-corrected chi connectivity index (χ2v) is 6.98. The number of esters is 1. The first kappa shape index (κ1) is 17.3. The van der Waals surface area contributed by atoms with Crippen LogP contribution < -0.4 is 0 Å². The second kappa shape index (κ2) is 7.25. The number of nitrogens with zero attached hydrogens (tertiary/aromatic N) is 2. The third-order valence-corrected chi connectivity index (χ3v) is 4.62. The largest absolute Gasteiger partial charge is 0.457 e. The average molecular weight is 358 g/mol. The lowest BCUT2D eigenvalue weighted by atomic mass is 10.1. The molecule has 136 valence electrons. The summed E-state index contributed by atoms with van der Waals surface area (Å²) in [6.07, 6.45) is 1.99. The standard InChI is InChI=1S/C23H22N2O2/c1-24(2)15-18-11-12-19-21(14-18)25-13-7-6-10-20(25)22(19)23(26)27-16-17-8-4-3-5-9-17/h3-14H,15-16H2,1-2H3. The Hall–Kier alpha value is -3.11. The van der Waals surface area contributed by atoms with Crippen LogP contribution in [0.5, 0.6) is 0 Å². The second-order valence-electron chi connectivity index (χ2n) is 6.98. The summed E-state index contributed by atoms with van der Waals surface area (Å²) in [4.78, 5) is 15.1. The van der Waals surface area contributed by atoms with Gasteiger partial charge in [-0.1, -0.05) is 48.5 Å². The fourth-order valence-corrected chi connectivity index (χ4v) is 3.46. The Morgan fingerprint density at radius 2 is 1.70 bits per heavy atom. The predicted octanol–water partition coefficient (Wildman–Crippen LogP) is 4.51. The monoisotopic (exact) mass is 358 g/mol. The van der Waals surface area contributed by atoms with E-state index in [0.717, 1.165) is 28.5 Å². The molecule has 0 amide bonds. The lowest BCUT2D eigenvalue weighted by Crippen LogP contribution is -2.10. The van der Waals surface area contributed by atoms with Crippen molar-refractivity contribution in [1.82, 2.24) is 9.30 Å². The molecule has 0 bridgehead atoms. The van der Waals surface area contributed by atoms with E-state index in [-0.39, 0.29) is 12.6 Å². The van der Waals surface area contributed by atoms with Crippen LogP contribution in [0.3, 0.4) is 0 Å². The van der Waals surface area contributed by atoms with Crippen LogP contribution in [0.1, 0.15) is 21.5 Å². The Labute approximate surface area is 158 Å². The fraction of sp³-hybridized carbons (Fsp3) is 0.174. The topological polar surface area (TPSA) is 34.0 Å². The van der Waals surface area contributed by atoms with E-state index >= 15 is 0 Å². The predicted molar refractivity (Wildman–Crippen MR) is 108 cm³/mol. The molecular formula is C23H22N2O2. The zero-order valence-electron chi connectivity index (χ0n) is 15.6. The van der Waals surface area contributed by atoms with E-state index in [9.17, 15) is 4.79 Å². The van der Waals surface area contributed by atoms with Gasteiger partial charge >= 0.3 is 5.97 Å². The number of carbonyl (C=O) groups is 1. The first-order valence-corrected chi connectivity index (χ1v) is 9.01. The minimum atomic E-state index is -0.294. The zero-order valence-corrected chi connectivity index (χ0v) is 15.6. The highest BCUT2D eigenvalue weighted by Crippen LogP contribution is 2.28. The van der Waals surface area contributed by atoms with Crippen LogP contribution in [0.4, 0.5) is 0 Å². The van der Waals surface area contributed by atoms with Crippen LogP contribution in [0.15, 0.2) is 72.9 Å². The summed E-state index contributed by atoms with van der Waals surface area (Å²) >= 11 is 0. The Balaban J connectivity index is 1.75. The molecule has 0 N–H and O–H groups in total. The van der Waals surface area contributed by atoms with E-state index in [4.69, 9.17) is 4.74 Å². The van der Waals surface area contributed by atoms with Crippen LogP contribution in [0.2, 0.25) is 0 Å². The van der Waals surface area contributed by atoms with Crippen LogP contribution in [0.25, 0.3) is 16.4 Å². The highest BCUT2D eigenvalue weighted by Gasteiger charge is 2.19. The maximum absolute atomic E-state index is 12.9. The summed E-state index contributed by atoms with van der Waals surface area (Å²) in [5.41, 5.74) is 4.70. The summed E-state index contributed by atoms with van der Waals surface area (Å²) in [7, 11) is 4.10. The average Bonchev–Trinajstić information content (AvgIpc) is 3.00. The van der Waals surface area contributed by atoms with Crippen LogP contribution >= 0.6 is 0 Å². The van der Waals surface area contributed by atoms with E-state index in [0.29, 0.717) is 5.56 Å². The number of aromatic nitrogens is 1. The Kier molecular flexibility index (Phi) is 4.65. The van der Waals surface area contributed by atoms with Gasteiger partial charge in [0.1, 0.15) is 6.61 Å². The van der Waals surface area contributed by atoms with E-state index in [1.807, 2.05) is 74.9 Å². The number of pyridine rings is 1. The molecule has 4 rings (SSSR count). The summed E-state index contributed by atoms with van der Waals surface area (Å²) in [6.45, 7) is 1.12. The third kappa shape index (κ3) is 3.44. The highest BCUT2D eigenvalue weighted by molar-refractivity contribution is 6.11. The molecule has 27 heavy (non-hydrogen) atoms. The minimum Gasteiger partial charge on any atom is -0.457 e. The van der Waals surface area contributed by atoms with Crippen molar-refractivity contribution in [3.8, 4) is 0 Å². The van der Waals surface area contributed by atoms with Gasteiger partial charge in [0, 0.05) is 18.1 Å². The molecule has 2 aromatic heterocycles. The molecule has 0 radical (unpaired) electrons. The van der Waals surface area contributed by atoms with Crippen molar-refractivity contribution in [1.29, 1.82) is 0 Å². The van der Waals surface area contributed by atoms with Crippen LogP contribution in [0, 0.1) is 0 Å². The van der Waals surface area contributed by atoms with Gasteiger partial charge in [0.05, 0.1) is 16.6 Å². The van der Waals surface area contributed by atoms with Gasteiger partial charge in [-0.15, -0.1) is 0 Å². The van der Waals surface area contributed by atoms with E-state index in [1.54, 1.807) is 0 Å². The number of ether oxygens (including phenoxy) is 1. The van der Waals surface area contributed by atoms with Gasteiger partial charge in [-0.3, -0.25) is 0 Å². The molecule has 0 fully saturated rings. The SMILES string of the molecule is CN(C)Cc1ccc2c(C(=O)OCc3ccccc3)c3ccccn3c2c1. The maximum Gasteiger partial charge on any atom is 0.341 e. The summed E-state index contributed by atoms with van der Waals surface area (Å²) < 4.78 is 7.69.